The molecule has 2 N–H and O–H groups in total. The summed E-state index contributed by atoms with van der Waals surface area (Å²) in [4.78, 5) is 27.7. The number of nitrogens with two attached hydrogens (primary N) is 1. The third kappa shape index (κ3) is 7.20. The van der Waals surface area contributed by atoms with Crippen LogP contribution in [0.4, 0.5) is 10.9 Å². The lowest BCUT2D eigenvalue weighted by molar-refractivity contribution is -0.144. The van der Waals surface area contributed by atoms with Crippen molar-refractivity contribution in [2.75, 3.05) is 50.5 Å². The number of nitrogens with zero attached hydrogens (tertiary/aromatic N) is 7. The first-order valence-electron chi connectivity index (χ1n) is 17.4. The van der Waals surface area contributed by atoms with Gasteiger partial charge in [0.1, 0.15) is 28.4 Å². The van der Waals surface area contributed by atoms with Gasteiger partial charge in [-0.15, -0.1) is 11.3 Å². The Morgan fingerprint density at radius 3 is 2.82 bits per heavy atom. The van der Waals surface area contributed by atoms with Gasteiger partial charge in [0.2, 0.25) is 5.95 Å². The molecular formula is C36H46N8O5S. The summed E-state index contributed by atoms with van der Waals surface area (Å²) in [5, 5.41) is 18.9. The van der Waals surface area contributed by atoms with Crippen molar-refractivity contribution in [1.29, 1.82) is 5.26 Å². The highest BCUT2D eigenvalue weighted by molar-refractivity contribution is 7.16. The maximum absolute atomic E-state index is 12.2. The summed E-state index contributed by atoms with van der Waals surface area (Å²) in [6.45, 7) is 12.4. The summed E-state index contributed by atoms with van der Waals surface area (Å²) in [5.41, 5.74) is 8.64. The van der Waals surface area contributed by atoms with Crippen LogP contribution in [0.1, 0.15) is 93.2 Å². The summed E-state index contributed by atoms with van der Waals surface area (Å²) >= 11 is 1.51. The minimum atomic E-state index is -0.511. The van der Waals surface area contributed by atoms with E-state index in [0.29, 0.717) is 46.1 Å². The van der Waals surface area contributed by atoms with Gasteiger partial charge >= 0.3 is 5.97 Å². The minimum absolute atomic E-state index is 0.0132. The van der Waals surface area contributed by atoms with Gasteiger partial charge in [0.25, 0.3) is 5.88 Å². The molecule has 0 bridgehead atoms. The molecular weight excluding hydrogens is 657 g/mol. The lowest BCUT2D eigenvalue weighted by atomic mass is 9.71. The molecule has 14 heteroatoms. The molecule has 2 aliphatic rings. The van der Waals surface area contributed by atoms with Crippen LogP contribution in [-0.2, 0) is 21.4 Å². The second-order valence-electron chi connectivity index (χ2n) is 13.8. The number of fused-ring (bicyclic) bond motifs is 1. The predicted octanol–water partition coefficient (Wildman–Crippen LogP) is 5.95. The number of nitrogen functional groups attached to an aromatic ring is 1. The molecule has 0 spiro atoms. The zero-order chi connectivity index (χ0) is 35.4. The molecule has 3 atom stereocenters. The zero-order valence-corrected chi connectivity index (χ0v) is 30.3. The smallest absolute Gasteiger partial charge is 0.316 e. The Labute approximate surface area is 296 Å². The summed E-state index contributed by atoms with van der Waals surface area (Å²) in [5.74, 6) is 1.39. The third-order valence-corrected chi connectivity index (χ3v) is 11.0. The molecule has 1 aliphatic heterocycles. The van der Waals surface area contributed by atoms with Crippen LogP contribution in [0.5, 0.6) is 5.88 Å². The van der Waals surface area contributed by atoms with Gasteiger partial charge in [-0.3, -0.25) is 4.79 Å². The number of hydrogen-bond donors (Lipinski definition) is 1. The molecule has 6 rings (SSSR count). The third-order valence-electron chi connectivity index (χ3n) is 9.95. The monoisotopic (exact) mass is 702 g/mol. The van der Waals surface area contributed by atoms with Gasteiger partial charge < -0.3 is 34.1 Å². The van der Waals surface area contributed by atoms with Crippen LogP contribution >= 0.6 is 11.3 Å². The number of aromatic nitrogens is 4. The van der Waals surface area contributed by atoms with Crippen molar-refractivity contribution in [3.63, 3.8) is 0 Å². The summed E-state index contributed by atoms with van der Waals surface area (Å²) in [6.07, 6.45) is 7.37. The van der Waals surface area contributed by atoms with E-state index in [2.05, 4.69) is 45.0 Å². The number of rotatable bonds is 12. The number of ether oxygens (including phenoxy) is 2. The molecule has 5 heterocycles. The molecule has 0 radical (unpaired) electrons. The number of esters is 1. The van der Waals surface area contributed by atoms with E-state index in [1.165, 1.54) is 18.4 Å². The lowest BCUT2D eigenvalue weighted by Crippen LogP contribution is -2.40. The van der Waals surface area contributed by atoms with E-state index >= 15 is 0 Å². The molecule has 1 saturated heterocycles. The van der Waals surface area contributed by atoms with Crippen molar-refractivity contribution in [2.45, 2.75) is 83.6 Å². The van der Waals surface area contributed by atoms with Crippen molar-refractivity contribution in [1.82, 2.24) is 25.2 Å². The maximum Gasteiger partial charge on any atom is 0.316 e. The van der Waals surface area contributed by atoms with Gasteiger partial charge in [0.05, 0.1) is 30.4 Å². The summed E-state index contributed by atoms with van der Waals surface area (Å²) in [6, 6.07) is 8.04. The normalized spacial score (nSPS) is 20.3. The molecule has 4 aromatic rings. The van der Waals surface area contributed by atoms with Gasteiger partial charge in [-0.05, 0) is 88.2 Å². The number of methoxy groups -OCH3 is 1. The fourth-order valence-corrected chi connectivity index (χ4v) is 8.51. The lowest BCUT2D eigenvalue weighted by Gasteiger charge is -2.31. The molecule has 266 valence electrons. The number of nitriles is 1. The van der Waals surface area contributed by atoms with Crippen LogP contribution < -0.4 is 15.4 Å². The van der Waals surface area contributed by atoms with Crippen molar-refractivity contribution in [3.05, 3.63) is 51.9 Å². The van der Waals surface area contributed by atoms with Gasteiger partial charge in [-0.25, -0.2) is 9.97 Å². The molecule has 1 fully saturated rings. The molecule has 13 nitrogen and oxygen atoms in total. The number of carbonyl (C=O) groups excluding carboxylic acids is 1. The second-order valence-corrected chi connectivity index (χ2v) is 15.0. The molecule has 0 aromatic carbocycles. The standard InChI is InChI=1S/C36H46N8O5S/c1-22(2)31(34(45)46-5)27-19-30(42-48-27)47-17-7-6-14-43-15-9-16-44(23(3)21-43)35-39-13-11-25(40-35)26-18-29(49-41-26)36(4)12-8-10-28-32(36)24(20-37)33(38)50-28/h11,13,18-19,22-23,31H,6-10,12,14-17,21,38H2,1-5H3/t23-,31?,36+/m0/s1. The Kier molecular flexibility index (Phi) is 10.7. The number of thiophene rings is 1. The Bertz CT molecular complexity index is 1830. The molecule has 0 saturated carbocycles. The number of aryl methyl sites for hydroxylation is 1. The van der Waals surface area contributed by atoms with E-state index in [-0.39, 0.29) is 17.9 Å². The van der Waals surface area contributed by atoms with E-state index < -0.39 is 11.3 Å². The molecule has 1 aliphatic carbocycles. The van der Waals surface area contributed by atoms with Crippen LogP contribution in [0.25, 0.3) is 11.4 Å². The van der Waals surface area contributed by atoms with E-state index in [1.807, 2.05) is 26.0 Å². The number of unbranched alkanes of at least 4 members (excludes halogenated alkanes) is 1. The predicted molar refractivity (Wildman–Crippen MR) is 189 cm³/mol. The average molecular weight is 703 g/mol. The highest BCUT2D eigenvalue weighted by Gasteiger charge is 2.41. The SMILES string of the molecule is COC(=O)C(c1cc(OCCCCN2CCCN(c3nccc(-c4cc([C@@]5(C)CCCc6sc(N)c(C#N)c65)on4)n3)[C@@H](C)C2)no1)C(C)C. The number of hydrogen-bond acceptors (Lipinski definition) is 14. The van der Waals surface area contributed by atoms with Crippen LogP contribution in [0.3, 0.4) is 0 Å². The first-order chi connectivity index (χ1) is 24.1. The van der Waals surface area contributed by atoms with Crippen LogP contribution in [0.15, 0.2) is 33.4 Å². The summed E-state index contributed by atoms with van der Waals surface area (Å²) < 4.78 is 22.1. The highest BCUT2D eigenvalue weighted by Crippen LogP contribution is 2.49. The first kappa shape index (κ1) is 35.3. The van der Waals surface area contributed by atoms with E-state index in [9.17, 15) is 10.1 Å². The van der Waals surface area contributed by atoms with E-state index in [4.69, 9.17) is 29.2 Å². The first-order valence-corrected chi connectivity index (χ1v) is 18.2. The quantitative estimate of drug-likeness (QED) is 0.136. The molecule has 50 heavy (non-hydrogen) atoms. The van der Waals surface area contributed by atoms with Crippen LogP contribution in [0.2, 0.25) is 0 Å². The average Bonchev–Trinajstić information content (AvgIpc) is 3.83. The Balaban J connectivity index is 1.03. The van der Waals surface area contributed by atoms with Crippen molar-refractivity contribution < 1.29 is 23.3 Å². The van der Waals surface area contributed by atoms with Crippen molar-refractivity contribution >= 4 is 28.3 Å². The highest BCUT2D eigenvalue weighted by atomic mass is 32.1. The van der Waals surface area contributed by atoms with Crippen molar-refractivity contribution in [3.8, 4) is 23.3 Å². The van der Waals surface area contributed by atoms with E-state index in [1.54, 1.807) is 12.3 Å². The second kappa shape index (κ2) is 15.2. The van der Waals surface area contributed by atoms with E-state index in [0.717, 1.165) is 80.9 Å². The largest absolute Gasteiger partial charge is 0.476 e. The molecule has 1 unspecified atom stereocenters. The Morgan fingerprint density at radius 1 is 1.20 bits per heavy atom. The Morgan fingerprint density at radius 2 is 2.04 bits per heavy atom. The topological polar surface area (TPSA) is 170 Å². The fraction of sp³-hybridized carbons (Fsp3) is 0.556. The maximum atomic E-state index is 12.2. The number of anilines is 2. The Hall–Kier alpha value is -4.48. The van der Waals surface area contributed by atoms with Gasteiger partial charge in [0, 0.05) is 42.3 Å². The minimum Gasteiger partial charge on any atom is -0.476 e. The van der Waals surface area contributed by atoms with Crippen LogP contribution in [0, 0.1) is 17.2 Å². The van der Waals surface area contributed by atoms with Crippen molar-refractivity contribution in [2.24, 2.45) is 5.92 Å². The van der Waals surface area contributed by atoms with Gasteiger partial charge in [0.15, 0.2) is 5.76 Å². The fourth-order valence-electron chi connectivity index (χ4n) is 7.32. The van der Waals surface area contributed by atoms with Crippen LogP contribution in [-0.4, -0.2) is 77.1 Å². The summed E-state index contributed by atoms with van der Waals surface area (Å²) in [7, 11) is 1.37. The van der Waals surface area contributed by atoms with Gasteiger partial charge in [-0.1, -0.05) is 19.0 Å². The number of carbonyl (C=O) groups is 1. The zero-order valence-electron chi connectivity index (χ0n) is 29.5. The molecule has 0 amide bonds. The van der Waals surface area contributed by atoms with Gasteiger partial charge in [-0.2, -0.15) is 5.26 Å². The molecule has 4 aromatic heterocycles.